The molecule has 7 heteroatoms. The minimum Gasteiger partial charge on any atom is -0.380 e. The zero-order valence-corrected chi connectivity index (χ0v) is 14.4. The van der Waals surface area contributed by atoms with Gasteiger partial charge >= 0.3 is 0 Å². The van der Waals surface area contributed by atoms with Gasteiger partial charge < -0.3 is 10.6 Å². The zero-order valence-electron chi connectivity index (χ0n) is 14.4. The highest BCUT2D eigenvalue weighted by Crippen LogP contribution is 2.20. The van der Waals surface area contributed by atoms with E-state index >= 15 is 0 Å². The summed E-state index contributed by atoms with van der Waals surface area (Å²) in [6, 6.07) is 12.8. The van der Waals surface area contributed by atoms with Gasteiger partial charge in [-0.05, 0) is 36.8 Å². The van der Waals surface area contributed by atoms with Crippen LogP contribution in [0.2, 0.25) is 0 Å². The first kappa shape index (κ1) is 18.4. The SMILES string of the molecule is Cc1ccc(CNc2ccc(C(=O)Nc3ccc(F)c(F)c3F)nc2)cc1. The number of nitrogens with zero attached hydrogens (tertiary/aromatic N) is 1. The molecule has 1 aromatic heterocycles. The van der Waals surface area contributed by atoms with Gasteiger partial charge in [-0.2, -0.15) is 0 Å². The van der Waals surface area contributed by atoms with Gasteiger partial charge in [0.1, 0.15) is 5.69 Å². The van der Waals surface area contributed by atoms with Crippen molar-refractivity contribution in [2.24, 2.45) is 0 Å². The molecule has 2 N–H and O–H groups in total. The zero-order chi connectivity index (χ0) is 19.4. The maximum atomic E-state index is 13.6. The van der Waals surface area contributed by atoms with Crippen LogP contribution in [0.15, 0.2) is 54.7 Å². The average Bonchev–Trinajstić information content (AvgIpc) is 2.68. The van der Waals surface area contributed by atoms with E-state index in [4.69, 9.17) is 0 Å². The molecule has 0 aliphatic rings. The molecule has 0 saturated heterocycles. The van der Waals surface area contributed by atoms with E-state index in [1.165, 1.54) is 17.8 Å². The molecule has 0 atom stereocenters. The summed E-state index contributed by atoms with van der Waals surface area (Å²) in [5, 5.41) is 5.35. The number of aromatic nitrogens is 1. The predicted octanol–water partition coefficient (Wildman–Crippen LogP) is 4.67. The first-order valence-corrected chi connectivity index (χ1v) is 8.14. The molecule has 3 rings (SSSR count). The van der Waals surface area contributed by atoms with Crippen molar-refractivity contribution < 1.29 is 18.0 Å². The van der Waals surface area contributed by atoms with Crippen LogP contribution in [0.5, 0.6) is 0 Å². The maximum Gasteiger partial charge on any atom is 0.274 e. The Morgan fingerprint density at radius 1 is 0.963 bits per heavy atom. The topological polar surface area (TPSA) is 54.0 Å². The van der Waals surface area contributed by atoms with Crippen LogP contribution in [0.25, 0.3) is 0 Å². The summed E-state index contributed by atoms with van der Waals surface area (Å²) >= 11 is 0. The standard InChI is InChI=1S/C20H16F3N3O/c1-12-2-4-13(5-3-12)10-24-14-6-8-17(25-11-14)20(27)26-16-9-7-15(21)18(22)19(16)23/h2-9,11,24H,10H2,1H3,(H,26,27). The summed E-state index contributed by atoms with van der Waals surface area (Å²) in [6.45, 7) is 2.60. The van der Waals surface area contributed by atoms with E-state index in [2.05, 4.69) is 15.6 Å². The Balaban J connectivity index is 1.63. The lowest BCUT2D eigenvalue weighted by molar-refractivity contribution is 0.102. The first-order valence-electron chi connectivity index (χ1n) is 8.14. The largest absolute Gasteiger partial charge is 0.380 e. The van der Waals surface area contributed by atoms with Crippen molar-refractivity contribution in [3.05, 3.63) is 89.0 Å². The van der Waals surface area contributed by atoms with Gasteiger partial charge in [0.2, 0.25) is 0 Å². The highest BCUT2D eigenvalue weighted by molar-refractivity contribution is 6.03. The molecule has 0 bridgehead atoms. The second-order valence-electron chi connectivity index (χ2n) is 5.95. The number of amides is 1. The Labute approximate surface area is 154 Å². The molecule has 2 aromatic carbocycles. The Morgan fingerprint density at radius 2 is 1.70 bits per heavy atom. The van der Waals surface area contributed by atoms with E-state index in [-0.39, 0.29) is 5.69 Å². The number of hydrogen-bond donors (Lipinski definition) is 2. The summed E-state index contributed by atoms with van der Waals surface area (Å²) < 4.78 is 39.8. The number of rotatable bonds is 5. The Morgan fingerprint density at radius 3 is 2.37 bits per heavy atom. The second kappa shape index (κ2) is 7.90. The summed E-state index contributed by atoms with van der Waals surface area (Å²) in [5.74, 6) is -5.16. The van der Waals surface area contributed by atoms with Crippen molar-refractivity contribution in [3.63, 3.8) is 0 Å². The molecule has 3 aromatic rings. The highest BCUT2D eigenvalue weighted by Gasteiger charge is 2.16. The number of benzene rings is 2. The molecule has 4 nitrogen and oxygen atoms in total. The van der Waals surface area contributed by atoms with E-state index in [0.717, 1.165) is 17.7 Å². The molecule has 0 fully saturated rings. The number of carbonyl (C=O) groups is 1. The highest BCUT2D eigenvalue weighted by atomic mass is 19.2. The van der Waals surface area contributed by atoms with Crippen molar-refractivity contribution in [2.75, 3.05) is 10.6 Å². The quantitative estimate of drug-likeness (QED) is 0.641. The number of hydrogen-bond acceptors (Lipinski definition) is 3. The third-order valence-corrected chi connectivity index (χ3v) is 3.90. The molecule has 1 heterocycles. The van der Waals surface area contributed by atoms with E-state index < -0.39 is 29.0 Å². The predicted molar refractivity (Wildman–Crippen MR) is 97.0 cm³/mol. The number of carbonyl (C=O) groups excluding carboxylic acids is 1. The third kappa shape index (κ3) is 4.44. The molecule has 138 valence electrons. The van der Waals surface area contributed by atoms with E-state index in [9.17, 15) is 18.0 Å². The first-order chi connectivity index (χ1) is 12.9. The van der Waals surface area contributed by atoms with Crippen LogP contribution in [0, 0.1) is 24.4 Å². The monoisotopic (exact) mass is 371 g/mol. The van der Waals surface area contributed by atoms with E-state index in [1.54, 1.807) is 6.07 Å². The van der Waals surface area contributed by atoms with Crippen molar-refractivity contribution in [3.8, 4) is 0 Å². The Kier molecular flexibility index (Phi) is 5.40. The summed E-state index contributed by atoms with van der Waals surface area (Å²) in [7, 11) is 0. The van der Waals surface area contributed by atoms with Crippen LogP contribution in [0.1, 0.15) is 21.6 Å². The molecule has 0 aliphatic heterocycles. The fraction of sp³-hybridized carbons (Fsp3) is 0.100. The fourth-order valence-electron chi connectivity index (χ4n) is 2.35. The lowest BCUT2D eigenvalue weighted by Crippen LogP contribution is -2.15. The maximum absolute atomic E-state index is 13.6. The van der Waals surface area contributed by atoms with Crippen LogP contribution in [0.3, 0.4) is 0 Å². The number of aryl methyl sites for hydroxylation is 1. The van der Waals surface area contributed by atoms with Gasteiger partial charge in [0.05, 0.1) is 17.6 Å². The molecular weight excluding hydrogens is 355 g/mol. The fourth-order valence-corrected chi connectivity index (χ4v) is 2.35. The molecule has 0 spiro atoms. The number of anilines is 2. The third-order valence-electron chi connectivity index (χ3n) is 3.90. The van der Waals surface area contributed by atoms with Crippen molar-refractivity contribution in [2.45, 2.75) is 13.5 Å². The average molecular weight is 371 g/mol. The van der Waals surface area contributed by atoms with Crippen molar-refractivity contribution in [1.29, 1.82) is 0 Å². The van der Waals surface area contributed by atoms with Crippen molar-refractivity contribution >= 4 is 17.3 Å². The van der Waals surface area contributed by atoms with Crippen LogP contribution >= 0.6 is 0 Å². The lowest BCUT2D eigenvalue weighted by Gasteiger charge is -2.09. The van der Waals surface area contributed by atoms with Gasteiger partial charge in [-0.1, -0.05) is 29.8 Å². The van der Waals surface area contributed by atoms with Crippen molar-refractivity contribution in [1.82, 2.24) is 4.98 Å². The van der Waals surface area contributed by atoms with Crippen LogP contribution < -0.4 is 10.6 Å². The van der Waals surface area contributed by atoms with Gasteiger partial charge in [-0.25, -0.2) is 18.2 Å². The minimum absolute atomic E-state index is 0.0139. The molecule has 0 radical (unpaired) electrons. The molecule has 0 saturated carbocycles. The number of halogens is 3. The molecule has 1 amide bonds. The van der Waals surface area contributed by atoms with Gasteiger partial charge in [-0.3, -0.25) is 4.79 Å². The summed E-state index contributed by atoms with van der Waals surface area (Å²) in [5.41, 5.74) is 2.53. The van der Waals surface area contributed by atoms with E-state index in [0.29, 0.717) is 12.2 Å². The Hall–Kier alpha value is -3.35. The van der Waals surface area contributed by atoms with Gasteiger partial charge in [0.25, 0.3) is 5.91 Å². The van der Waals surface area contributed by atoms with Gasteiger partial charge in [0.15, 0.2) is 17.5 Å². The van der Waals surface area contributed by atoms with Gasteiger partial charge in [-0.15, -0.1) is 0 Å². The van der Waals surface area contributed by atoms with Crippen LogP contribution in [-0.4, -0.2) is 10.9 Å². The summed E-state index contributed by atoms with van der Waals surface area (Å²) in [4.78, 5) is 16.1. The molecule has 0 unspecified atom stereocenters. The smallest absolute Gasteiger partial charge is 0.274 e. The second-order valence-corrected chi connectivity index (χ2v) is 5.95. The van der Waals surface area contributed by atoms with Crippen LogP contribution in [0.4, 0.5) is 24.5 Å². The molecular formula is C20H16F3N3O. The normalized spacial score (nSPS) is 10.5. The van der Waals surface area contributed by atoms with Crippen LogP contribution in [-0.2, 0) is 6.54 Å². The minimum atomic E-state index is -1.64. The molecule has 27 heavy (non-hydrogen) atoms. The summed E-state index contributed by atoms with van der Waals surface area (Å²) in [6.07, 6.45) is 1.46. The Bertz CT molecular complexity index is 957. The lowest BCUT2D eigenvalue weighted by atomic mass is 10.1. The molecule has 0 aliphatic carbocycles. The van der Waals surface area contributed by atoms with Gasteiger partial charge in [0, 0.05) is 6.54 Å². The number of nitrogens with one attached hydrogen (secondary N) is 2. The number of pyridine rings is 1. The van der Waals surface area contributed by atoms with E-state index in [1.807, 2.05) is 31.2 Å².